The molecule has 0 radical (unpaired) electrons. The van der Waals surface area contributed by atoms with Gasteiger partial charge in [-0.1, -0.05) is 36.9 Å². The van der Waals surface area contributed by atoms with Gasteiger partial charge in [-0.2, -0.15) is 0 Å². The average molecular weight is 345 g/mol. The third kappa shape index (κ3) is 3.27. The second-order valence-corrected chi connectivity index (χ2v) is 5.96. The third-order valence-electron chi connectivity index (χ3n) is 3.16. The Balaban J connectivity index is 2.57. The minimum Gasteiger partial charge on any atom is -0.744 e. The number of halogens is 4. The van der Waals surface area contributed by atoms with E-state index in [2.05, 4.69) is 6.58 Å². The van der Waals surface area contributed by atoms with Crippen LogP contribution < -0.4 is 0 Å². The Hall–Kier alpha value is -2.19. The lowest BCUT2D eigenvalue weighted by Crippen LogP contribution is -2.13. The van der Waals surface area contributed by atoms with Crippen LogP contribution in [0.5, 0.6) is 0 Å². The molecular weight excluding hydrogens is 336 g/mol. The van der Waals surface area contributed by atoms with Crippen LogP contribution >= 0.6 is 0 Å². The summed E-state index contributed by atoms with van der Waals surface area (Å²) < 4.78 is 87.2. The van der Waals surface area contributed by atoms with Gasteiger partial charge < -0.3 is 4.55 Å². The van der Waals surface area contributed by atoms with Crippen LogP contribution in [0.2, 0.25) is 0 Å². The van der Waals surface area contributed by atoms with Crippen LogP contribution in [0, 0.1) is 23.3 Å². The zero-order valence-electron chi connectivity index (χ0n) is 11.4. The van der Waals surface area contributed by atoms with Gasteiger partial charge in [-0.3, -0.25) is 0 Å². The van der Waals surface area contributed by atoms with E-state index in [1.165, 1.54) is 18.2 Å². The lowest BCUT2D eigenvalue weighted by Gasteiger charge is -2.14. The Kier molecular flexibility index (Phi) is 4.58. The fourth-order valence-corrected chi connectivity index (χ4v) is 2.63. The van der Waals surface area contributed by atoms with E-state index in [0.29, 0.717) is 5.56 Å². The minimum atomic E-state index is -5.70. The second-order valence-electron chi connectivity index (χ2n) is 4.64. The van der Waals surface area contributed by atoms with Gasteiger partial charge >= 0.3 is 0 Å². The van der Waals surface area contributed by atoms with E-state index in [4.69, 9.17) is 0 Å². The molecule has 0 saturated carbocycles. The summed E-state index contributed by atoms with van der Waals surface area (Å²) >= 11 is 0. The maximum Gasteiger partial charge on any atom is 0.179 e. The second kappa shape index (κ2) is 6.13. The summed E-state index contributed by atoms with van der Waals surface area (Å²) in [6.07, 6.45) is 1.00. The Morgan fingerprint density at radius 1 is 0.957 bits per heavy atom. The summed E-state index contributed by atoms with van der Waals surface area (Å²) in [6.45, 7) is 3.52. The first-order valence-corrected chi connectivity index (χ1v) is 7.59. The lowest BCUT2D eigenvalue weighted by molar-refractivity contribution is 0.391. The van der Waals surface area contributed by atoms with Gasteiger partial charge in [0.05, 0.1) is 0 Å². The van der Waals surface area contributed by atoms with Crippen molar-refractivity contribution in [1.29, 1.82) is 0 Å². The Morgan fingerprint density at radius 2 is 1.43 bits per heavy atom. The SMILES string of the molecule is C=Cc1ccc(Cc2c(F)c(F)c(S(=O)(=O)[O-])c(F)c2F)cc1. The van der Waals surface area contributed by atoms with Crippen molar-refractivity contribution in [1.82, 2.24) is 0 Å². The largest absolute Gasteiger partial charge is 0.744 e. The maximum atomic E-state index is 13.9. The van der Waals surface area contributed by atoms with Crippen molar-refractivity contribution < 1.29 is 30.5 Å². The number of hydrogen-bond acceptors (Lipinski definition) is 3. The average Bonchev–Trinajstić information content (AvgIpc) is 2.49. The van der Waals surface area contributed by atoms with Crippen LogP contribution in [0.15, 0.2) is 35.7 Å². The molecule has 23 heavy (non-hydrogen) atoms. The van der Waals surface area contributed by atoms with Gasteiger partial charge in [0.15, 0.2) is 23.3 Å². The van der Waals surface area contributed by atoms with Gasteiger partial charge in [-0.25, -0.2) is 26.0 Å². The molecule has 2 rings (SSSR count). The lowest BCUT2D eigenvalue weighted by atomic mass is 10.0. The molecular formula is C15H9F4O3S-. The van der Waals surface area contributed by atoms with Gasteiger partial charge in [-0.15, -0.1) is 0 Å². The molecule has 0 aliphatic heterocycles. The Labute approximate surface area is 129 Å². The van der Waals surface area contributed by atoms with Crippen molar-refractivity contribution in [2.75, 3.05) is 0 Å². The molecule has 122 valence electrons. The topological polar surface area (TPSA) is 57.2 Å². The molecule has 0 heterocycles. The van der Waals surface area contributed by atoms with Crippen molar-refractivity contribution in [3.8, 4) is 0 Å². The summed E-state index contributed by atoms with van der Waals surface area (Å²) in [4.78, 5) is -2.15. The number of hydrogen-bond donors (Lipinski definition) is 0. The third-order valence-corrected chi connectivity index (χ3v) is 4.02. The standard InChI is InChI=1S/C15H10F4O3S/c1-2-8-3-5-9(6-4-8)7-10-11(16)13(18)15(23(20,21)22)14(19)12(10)17/h2-6H,1,7H2,(H,20,21,22)/p-1. The zero-order valence-corrected chi connectivity index (χ0v) is 12.3. The Morgan fingerprint density at radius 3 is 1.83 bits per heavy atom. The number of benzene rings is 2. The normalized spacial score (nSPS) is 11.5. The van der Waals surface area contributed by atoms with Crippen molar-refractivity contribution in [3.05, 3.63) is 70.8 Å². The van der Waals surface area contributed by atoms with Crippen LogP contribution in [0.1, 0.15) is 16.7 Å². The zero-order chi connectivity index (χ0) is 17.4. The fraction of sp³-hybridized carbons (Fsp3) is 0.0667. The molecule has 0 aliphatic rings. The van der Waals surface area contributed by atoms with E-state index in [-0.39, 0.29) is 0 Å². The van der Waals surface area contributed by atoms with Crippen LogP contribution in [0.4, 0.5) is 17.6 Å². The quantitative estimate of drug-likeness (QED) is 0.485. The van der Waals surface area contributed by atoms with E-state index in [9.17, 15) is 30.5 Å². The molecule has 0 bridgehead atoms. The molecule has 0 N–H and O–H groups in total. The van der Waals surface area contributed by atoms with Gasteiger partial charge in [0.1, 0.15) is 15.0 Å². The van der Waals surface area contributed by atoms with E-state index in [0.717, 1.165) is 5.56 Å². The molecule has 2 aromatic carbocycles. The predicted octanol–water partition coefficient (Wildman–Crippen LogP) is 3.38. The van der Waals surface area contributed by atoms with E-state index in [1.54, 1.807) is 12.1 Å². The molecule has 0 fully saturated rings. The monoisotopic (exact) mass is 345 g/mol. The van der Waals surface area contributed by atoms with Crippen LogP contribution in [-0.2, 0) is 16.5 Å². The summed E-state index contributed by atoms with van der Waals surface area (Å²) in [5, 5.41) is 0. The van der Waals surface area contributed by atoms with Crippen molar-refractivity contribution >= 4 is 16.2 Å². The molecule has 0 aromatic heterocycles. The predicted molar refractivity (Wildman–Crippen MR) is 73.6 cm³/mol. The van der Waals surface area contributed by atoms with Crippen LogP contribution in [0.3, 0.4) is 0 Å². The molecule has 0 amide bonds. The highest BCUT2D eigenvalue weighted by Crippen LogP contribution is 2.29. The van der Waals surface area contributed by atoms with Crippen molar-refractivity contribution in [3.63, 3.8) is 0 Å². The molecule has 3 nitrogen and oxygen atoms in total. The van der Waals surface area contributed by atoms with Crippen LogP contribution in [0.25, 0.3) is 6.08 Å². The van der Waals surface area contributed by atoms with Gasteiger partial charge in [0.25, 0.3) is 0 Å². The van der Waals surface area contributed by atoms with Gasteiger partial charge in [0, 0.05) is 12.0 Å². The molecule has 8 heteroatoms. The highest BCUT2D eigenvalue weighted by atomic mass is 32.2. The molecule has 0 atom stereocenters. The molecule has 0 aliphatic carbocycles. The maximum absolute atomic E-state index is 13.9. The van der Waals surface area contributed by atoms with Crippen molar-refractivity contribution in [2.24, 2.45) is 0 Å². The highest BCUT2D eigenvalue weighted by Gasteiger charge is 2.28. The summed E-state index contributed by atoms with van der Waals surface area (Å²) in [7, 11) is -5.70. The van der Waals surface area contributed by atoms with E-state index in [1.807, 2.05) is 0 Å². The van der Waals surface area contributed by atoms with Crippen LogP contribution in [-0.4, -0.2) is 13.0 Å². The first kappa shape index (κ1) is 17.2. The molecule has 0 saturated heterocycles. The van der Waals surface area contributed by atoms with Crippen molar-refractivity contribution in [2.45, 2.75) is 11.3 Å². The molecule has 0 spiro atoms. The molecule has 0 unspecified atom stereocenters. The first-order chi connectivity index (χ1) is 10.7. The van der Waals surface area contributed by atoms with Gasteiger partial charge in [-0.05, 0) is 11.1 Å². The summed E-state index contributed by atoms with van der Waals surface area (Å²) in [6, 6.07) is 6.07. The molecule has 2 aromatic rings. The summed E-state index contributed by atoms with van der Waals surface area (Å²) in [5.41, 5.74) is 0.0449. The highest BCUT2D eigenvalue weighted by molar-refractivity contribution is 7.85. The fourth-order valence-electron chi connectivity index (χ4n) is 2.01. The number of rotatable bonds is 4. The van der Waals surface area contributed by atoms with Gasteiger partial charge in [0.2, 0.25) is 0 Å². The van der Waals surface area contributed by atoms with E-state index < -0.39 is 50.3 Å². The van der Waals surface area contributed by atoms with E-state index >= 15 is 0 Å². The first-order valence-electron chi connectivity index (χ1n) is 6.19. The Bertz CT molecular complexity index is 846. The summed E-state index contributed by atoms with van der Waals surface area (Å²) in [5.74, 6) is -8.27. The smallest absolute Gasteiger partial charge is 0.179 e. The minimum absolute atomic E-state index is 0.324.